The van der Waals surface area contributed by atoms with Gasteiger partial charge in [-0.2, -0.15) is 0 Å². The van der Waals surface area contributed by atoms with Gasteiger partial charge in [-0.3, -0.25) is 9.59 Å². The molecule has 3 amide bonds. The molecule has 9 nitrogen and oxygen atoms in total. The Morgan fingerprint density at radius 1 is 1.00 bits per heavy atom. The number of thiophene rings is 1. The summed E-state index contributed by atoms with van der Waals surface area (Å²) in [4.78, 5) is 39.7. The fourth-order valence-corrected chi connectivity index (χ4v) is 4.38. The van der Waals surface area contributed by atoms with Gasteiger partial charge in [0.1, 0.15) is 0 Å². The molecular weight excluding hydrogens is 470 g/mol. The maximum Gasteiger partial charge on any atom is 0.315 e. The number of hydrogen-bond donors (Lipinski definition) is 3. The number of benzene rings is 2. The number of carbonyl (C=O) groups is 3. The molecule has 0 saturated heterocycles. The first kappa shape index (κ1) is 24.1. The number of nitrogens with one attached hydrogen (secondary N) is 2. The lowest BCUT2D eigenvalue weighted by atomic mass is 10.0. The van der Waals surface area contributed by atoms with Gasteiger partial charge in [-0.25, -0.2) is 4.79 Å². The summed E-state index contributed by atoms with van der Waals surface area (Å²) in [5.74, 6) is -0.285. The van der Waals surface area contributed by atoms with Crippen LogP contribution in [-0.4, -0.2) is 41.3 Å². The van der Waals surface area contributed by atoms with Crippen LogP contribution in [0.3, 0.4) is 0 Å². The van der Waals surface area contributed by atoms with Crippen molar-refractivity contribution in [3.05, 3.63) is 82.0 Å². The molecule has 0 saturated carbocycles. The number of nitrogens with zero attached hydrogens (tertiary/aromatic N) is 1. The van der Waals surface area contributed by atoms with Crippen molar-refractivity contribution in [2.45, 2.75) is 25.6 Å². The lowest BCUT2D eigenvalue weighted by Gasteiger charge is -2.23. The normalized spacial score (nSPS) is 12.6. The van der Waals surface area contributed by atoms with E-state index in [0.717, 1.165) is 10.4 Å². The van der Waals surface area contributed by atoms with Crippen molar-refractivity contribution >= 4 is 29.2 Å². The number of amides is 3. The smallest absolute Gasteiger partial charge is 0.315 e. The first-order chi connectivity index (χ1) is 17.0. The van der Waals surface area contributed by atoms with Gasteiger partial charge in [-0.15, -0.1) is 11.3 Å². The summed E-state index contributed by atoms with van der Waals surface area (Å²) in [5, 5.41) is 16.5. The molecule has 0 spiro atoms. The van der Waals surface area contributed by atoms with Gasteiger partial charge in [0, 0.05) is 11.4 Å². The quantitative estimate of drug-likeness (QED) is 0.396. The van der Waals surface area contributed by atoms with E-state index in [4.69, 9.17) is 9.47 Å². The standard InChI is InChI=1S/C25H25N3O6S/c29-23(28(15-19-7-4-10-35-19)14-17-5-2-1-3-6-17)13-26-25(32)27-20(12-24(30)31)18-8-9-21-22(11-18)34-16-33-21/h1-11,20H,12-16H2,(H,30,31)(H2,26,27,32)/t20-/m0/s1. The van der Waals surface area contributed by atoms with Crippen LogP contribution >= 0.6 is 11.3 Å². The molecule has 0 bridgehead atoms. The van der Waals surface area contributed by atoms with Crippen LogP contribution in [0.25, 0.3) is 0 Å². The van der Waals surface area contributed by atoms with Gasteiger partial charge in [0.05, 0.1) is 25.6 Å². The molecule has 1 aliphatic rings. The maximum atomic E-state index is 13.0. The number of urea groups is 1. The highest BCUT2D eigenvalue weighted by molar-refractivity contribution is 7.09. The van der Waals surface area contributed by atoms with Gasteiger partial charge in [0.15, 0.2) is 11.5 Å². The number of fused-ring (bicyclic) bond motifs is 1. The van der Waals surface area contributed by atoms with Crippen molar-refractivity contribution in [3.8, 4) is 11.5 Å². The average Bonchev–Trinajstić information content (AvgIpc) is 3.53. The first-order valence-electron chi connectivity index (χ1n) is 11.0. The Labute approximate surface area is 206 Å². The molecule has 4 rings (SSSR count). The predicted octanol–water partition coefficient (Wildman–Crippen LogP) is 3.52. The van der Waals surface area contributed by atoms with E-state index in [2.05, 4.69) is 10.6 Å². The minimum Gasteiger partial charge on any atom is -0.481 e. The highest BCUT2D eigenvalue weighted by Gasteiger charge is 2.23. The number of carboxylic acid groups (broad SMARTS) is 1. The van der Waals surface area contributed by atoms with Gasteiger partial charge >= 0.3 is 12.0 Å². The Kier molecular flexibility index (Phi) is 7.84. The third-order valence-electron chi connectivity index (χ3n) is 5.38. The molecule has 1 aromatic heterocycles. The van der Waals surface area contributed by atoms with E-state index in [1.807, 2.05) is 47.8 Å². The van der Waals surface area contributed by atoms with Crippen molar-refractivity contribution in [3.63, 3.8) is 0 Å². The summed E-state index contributed by atoms with van der Waals surface area (Å²) in [5.41, 5.74) is 1.53. The monoisotopic (exact) mass is 495 g/mol. The number of carboxylic acids is 1. The topological polar surface area (TPSA) is 117 Å². The van der Waals surface area contributed by atoms with E-state index < -0.39 is 18.0 Å². The Morgan fingerprint density at radius 2 is 1.80 bits per heavy atom. The third-order valence-corrected chi connectivity index (χ3v) is 6.24. The van der Waals surface area contributed by atoms with E-state index in [1.165, 1.54) is 0 Å². The molecule has 1 atom stereocenters. The van der Waals surface area contributed by atoms with E-state index in [1.54, 1.807) is 34.4 Å². The fraction of sp³-hybridized carbons (Fsp3) is 0.240. The third kappa shape index (κ3) is 6.73. The summed E-state index contributed by atoms with van der Waals surface area (Å²) in [6.45, 7) is 0.682. The second-order valence-corrected chi connectivity index (χ2v) is 8.94. The highest BCUT2D eigenvalue weighted by Crippen LogP contribution is 2.34. The summed E-state index contributed by atoms with van der Waals surface area (Å²) >= 11 is 1.56. The van der Waals surface area contributed by atoms with Crippen molar-refractivity contribution in [1.82, 2.24) is 15.5 Å². The molecule has 3 aromatic rings. The lowest BCUT2D eigenvalue weighted by molar-refractivity contribution is -0.137. The Balaban J connectivity index is 1.38. The van der Waals surface area contributed by atoms with E-state index in [0.29, 0.717) is 30.2 Å². The van der Waals surface area contributed by atoms with Gasteiger partial charge < -0.3 is 30.1 Å². The van der Waals surface area contributed by atoms with Gasteiger partial charge in [-0.1, -0.05) is 42.5 Å². The maximum absolute atomic E-state index is 13.0. The molecule has 10 heteroatoms. The Morgan fingerprint density at radius 3 is 2.54 bits per heavy atom. The zero-order valence-corrected chi connectivity index (χ0v) is 19.6. The van der Waals surface area contributed by atoms with Crippen LogP contribution < -0.4 is 20.1 Å². The molecule has 35 heavy (non-hydrogen) atoms. The molecule has 2 aromatic carbocycles. The minimum absolute atomic E-state index is 0.0867. The van der Waals surface area contributed by atoms with Crippen LogP contribution in [-0.2, 0) is 22.7 Å². The average molecular weight is 496 g/mol. The van der Waals surface area contributed by atoms with Crippen LogP contribution in [0.4, 0.5) is 4.79 Å². The van der Waals surface area contributed by atoms with Crippen LogP contribution in [0.1, 0.15) is 28.5 Å². The Bertz CT molecular complexity index is 1170. The van der Waals surface area contributed by atoms with Crippen molar-refractivity contribution in [1.29, 1.82) is 0 Å². The summed E-state index contributed by atoms with van der Waals surface area (Å²) in [7, 11) is 0. The van der Waals surface area contributed by atoms with E-state index in [9.17, 15) is 19.5 Å². The molecule has 182 valence electrons. The molecule has 0 aliphatic carbocycles. The van der Waals surface area contributed by atoms with Crippen LogP contribution in [0.2, 0.25) is 0 Å². The summed E-state index contributed by atoms with van der Waals surface area (Å²) in [6, 6.07) is 17.0. The number of aliphatic carboxylic acids is 1. The summed E-state index contributed by atoms with van der Waals surface area (Å²) < 4.78 is 10.6. The van der Waals surface area contributed by atoms with Crippen LogP contribution in [0.15, 0.2) is 66.0 Å². The molecule has 0 fully saturated rings. The largest absolute Gasteiger partial charge is 0.481 e. The van der Waals surface area contributed by atoms with Crippen LogP contribution in [0.5, 0.6) is 11.5 Å². The van der Waals surface area contributed by atoms with Crippen molar-refractivity contribution < 1.29 is 29.0 Å². The minimum atomic E-state index is -1.07. The Hall–Kier alpha value is -4.05. The van der Waals surface area contributed by atoms with Gasteiger partial charge in [-0.05, 0) is 34.7 Å². The predicted molar refractivity (Wildman–Crippen MR) is 129 cm³/mol. The second-order valence-electron chi connectivity index (χ2n) is 7.90. The molecule has 3 N–H and O–H groups in total. The first-order valence-corrected chi connectivity index (χ1v) is 11.9. The lowest BCUT2D eigenvalue weighted by Crippen LogP contribution is -2.44. The molecule has 2 heterocycles. The second kappa shape index (κ2) is 11.4. The number of ether oxygens (including phenoxy) is 2. The number of carbonyl (C=O) groups excluding carboxylic acids is 2. The fourth-order valence-electron chi connectivity index (χ4n) is 3.66. The highest BCUT2D eigenvalue weighted by atomic mass is 32.1. The van der Waals surface area contributed by atoms with E-state index >= 15 is 0 Å². The molecule has 0 radical (unpaired) electrons. The molecule has 0 unspecified atom stereocenters. The van der Waals surface area contributed by atoms with Crippen LogP contribution in [0, 0.1) is 0 Å². The van der Waals surface area contributed by atoms with Crippen molar-refractivity contribution in [2.24, 2.45) is 0 Å². The van der Waals surface area contributed by atoms with E-state index in [-0.39, 0.29) is 25.7 Å². The molecular formula is C25H25N3O6S. The zero-order valence-electron chi connectivity index (χ0n) is 18.8. The summed E-state index contributed by atoms with van der Waals surface area (Å²) in [6.07, 6.45) is -0.334. The number of hydrogen-bond acceptors (Lipinski definition) is 6. The zero-order chi connectivity index (χ0) is 24.6. The SMILES string of the molecule is O=C(O)C[C@H](NC(=O)NCC(=O)N(Cc1ccccc1)Cc1cccs1)c1ccc2c(c1)OCO2. The van der Waals surface area contributed by atoms with Gasteiger partial charge in [0.25, 0.3) is 0 Å². The molecule has 1 aliphatic heterocycles. The van der Waals surface area contributed by atoms with Gasteiger partial charge in [0.2, 0.25) is 12.7 Å². The number of rotatable bonds is 10. The van der Waals surface area contributed by atoms with Crippen molar-refractivity contribution in [2.75, 3.05) is 13.3 Å².